The van der Waals surface area contributed by atoms with Crippen LogP contribution < -0.4 is 10.5 Å². The minimum absolute atomic E-state index is 0.374. The predicted molar refractivity (Wildman–Crippen MR) is 88.5 cm³/mol. The van der Waals surface area contributed by atoms with E-state index in [-0.39, 0.29) is 0 Å². The monoisotopic (exact) mass is 399 g/mol. The van der Waals surface area contributed by atoms with E-state index in [2.05, 4.69) is 31.9 Å². The molecule has 0 heterocycles. The second kappa shape index (κ2) is 6.50. The van der Waals surface area contributed by atoms with Crippen LogP contribution in [0.3, 0.4) is 0 Å². The van der Waals surface area contributed by atoms with Crippen LogP contribution in [0.25, 0.3) is 0 Å². The van der Waals surface area contributed by atoms with Gasteiger partial charge in [-0.1, -0.05) is 40.3 Å². The molecule has 0 radical (unpaired) electrons. The largest absolute Gasteiger partial charge is 0.488 e. The summed E-state index contributed by atoms with van der Waals surface area (Å²) < 4.78 is 7.64. The zero-order valence-corrected chi connectivity index (χ0v) is 13.9. The van der Waals surface area contributed by atoms with Crippen molar-refractivity contribution in [3.8, 4) is 5.75 Å². The van der Waals surface area contributed by atoms with Crippen molar-refractivity contribution in [3.63, 3.8) is 0 Å². The molecule has 0 atom stereocenters. The van der Waals surface area contributed by atoms with Crippen LogP contribution in [0.1, 0.15) is 11.1 Å². The molecule has 0 aromatic heterocycles. The van der Waals surface area contributed by atoms with Gasteiger partial charge in [0.05, 0.1) is 4.47 Å². The topological polar surface area (TPSA) is 35.2 Å². The van der Waals surface area contributed by atoms with Crippen LogP contribution >= 0.6 is 44.1 Å². The lowest BCUT2D eigenvalue weighted by molar-refractivity contribution is 0.304. The summed E-state index contributed by atoms with van der Waals surface area (Å²) in [4.78, 5) is 0.374. The molecule has 0 saturated carbocycles. The molecule has 0 unspecified atom stereocenters. The van der Waals surface area contributed by atoms with Crippen LogP contribution in [0.2, 0.25) is 0 Å². The van der Waals surface area contributed by atoms with Crippen molar-refractivity contribution in [1.29, 1.82) is 0 Å². The van der Waals surface area contributed by atoms with E-state index < -0.39 is 0 Å². The lowest BCUT2D eigenvalue weighted by atomic mass is 10.2. The average molecular weight is 401 g/mol. The van der Waals surface area contributed by atoms with Crippen molar-refractivity contribution in [2.24, 2.45) is 5.73 Å². The summed E-state index contributed by atoms with van der Waals surface area (Å²) in [6.45, 7) is 0.504. The highest BCUT2D eigenvalue weighted by Crippen LogP contribution is 2.27. The molecule has 5 heteroatoms. The van der Waals surface area contributed by atoms with Gasteiger partial charge < -0.3 is 10.5 Å². The summed E-state index contributed by atoms with van der Waals surface area (Å²) in [6, 6.07) is 13.6. The van der Waals surface area contributed by atoms with E-state index in [0.29, 0.717) is 11.6 Å². The first-order valence-electron chi connectivity index (χ1n) is 5.53. The van der Waals surface area contributed by atoms with Crippen LogP contribution in [0, 0.1) is 0 Å². The molecule has 2 nitrogen and oxygen atoms in total. The van der Waals surface area contributed by atoms with Gasteiger partial charge in [0.25, 0.3) is 0 Å². The second-order valence-electron chi connectivity index (χ2n) is 3.93. The smallest absolute Gasteiger partial charge is 0.134 e. The van der Waals surface area contributed by atoms with E-state index in [1.54, 1.807) is 0 Å². The predicted octanol–water partition coefficient (Wildman–Crippen LogP) is 4.42. The van der Waals surface area contributed by atoms with Gasteiger partial charge in [0.15, 0.2) is 0 Å². The molecule has 0 saturated heterocycles. The lowest BCUT2D eigenvalue weighted by Crippen LogP contribution is -2.09. The molecule has 19 heavy (non-hydrogen) atoms. The van der Waals surface area contributed by atoms with Gasteiger partial charge in [0.1, 0.15) is 17.3 Å². The van der Waals surface area contributed by atoms with Crippen LogP contribution in [0.15, 0.2) is 51.4 Å². The van der Waals surface area contributed by atoms with Crippen LogP contribution in [-0.2, 0) is 6.61 Å². The Kier molecular flexibility index (Phi) is 4.96. The molecule has 0 aliphatic rings. The van der Waals surface area contributed by atoms with Crippen molar-refractivity contribution in [3.05, 3.63) is 62.5 Å². The minimum atomic E-state index is 0.374. The number of thiocarbonyl (C=S) groups is 1. The molecular weight excluding hydrogens is 390 g/mol. The van der Waals surface area contributed by atoms with E-state index in [0.717, 1.165) is 25.8 Å². The van der Waals surface area contributed by atoms with Gasteiger partial charge in [-0.05, 0) is 51.8 Å². The fraction of sp³-hybridized carbons (Fsp3) is 0.0714. The van der Waals surface area contributed by atoms with Crippen LogP contribution in [0.5, 0.6) is 5.75 Å². The summed E-state index contributed by atoms with van der Waals surface area (Å²) in [6.07, 6.45) is 0. The van der Waals surface area contributed by atoms with Gasteiger partial charge in [-0.15, -0.1) is 0 Å². The summed E-state index contributed by atoms with van der Waals surface area (Å²) in [7, 11) is 0. The summed E-state index contributed by atoms with van der Waals surface area (Å²) in [5.41, 5.74) is 7.49. The van der Waals surface area contributed by atoms with Crippen molar-refractivity contribution in [1.82, 2.24) is 0 Å². The maximum Gasteiger partial charge on any atom is 0.134 e. The van der Waals surface area contributed by atoms with Gasteiger partial charge in [-0.25, -0.2) is 0 Å². The molecule has 0 aliphatic carbocycles. The van der Waals surface area contributed by atoms with E-state index in [1.165, 1.54) is 0 Å². The molecule has 2 rings (SSSR count). The zero-order valence-electron chi connectivity index (χ0n) is 9.90. The van der Waals surface area contributed by atoms with Gasteiger partial charge in [0.2, 0.25) is 0 Å². The first kappa shape index (κ1) is 14.5. The number of benzene rings is 2. The Balaban J connectivity index is 2.10. The molecule has 0 aliphatic heterocycles. The maximum atomic E-state index is 5.76. The molecule has 2 N–H and O–H groups in total. The molecule has 0 amide bonds. The fourth-order valence-corrected chi connectivity index (χ4v) is 2.63. The number of rotatable bonds is 4. The van der Waals surface area contributed by atoms with Gasteiger partial charge in [-0.2, -0.15) is 0 Å². The SMILES string of the molecule is NC(=S)c1ccc(OCc2cccc(Br)c2)c(Br)c1. The zero-order chi connectivity index (χ0) is 13.8. The maximum absolute atomic E-state index is 5.76. The van der Waals surface area contributed by atoms with E-state index in [1.807, 2.05) is 42.5 Å². The molecule has 2 aromatic rings. The highest BCUT2D eigenvalue weighted by atomic mass is 79.9. The fourth-order valence-electron chi connectivity index (χ4n) is 1.56. The first-order valence-corrected chi connectivity index (χ1v) is 7.52. The average Bonchev–Trinajstić information content (AvgIpc) is 2.37. The van der Waals surface area contributed by atoms with Crippen LogP contribution in [-0.4, -0.2) is 4.99 Å². The second-order valence-corrected chi connectivity index (χ2v) is 6.14. The Morgan fingerprint density at radius 3 is 2.58 bits per heavy atom. The summed E-state index contributed by atoms with van der Waals surface area (Å²) in [5.74, 6) is 0.764. The normalized spacial score (nSPS) is 10.2. The van der Waals surface area contributed by atoms with Crippen molar-refractivity contribution >= 4 is 49.1 Å². The highest BCUT2D eigenvalue weighted by Gasteiger charge is 2.05. The third-order valence-corrected chi connectivity index (χ3v) is 3.85. The lowest BCUT2D eigenvalue weighted by Gasteiger charge is -2.09. The molecule has 0 spiro atoms. The third-order valence-electron chi connectivity index (χ3n) is 2.50. The number of ether oxygens (including phenoxy) is 1. The first-order chi connectivity index (χ1) is 9.06. The summed E-state index contributed by atoms with van der Waals surface area (Å²) in [5, 5.41) is 0. The number of nitrogens with two attached hydrogens (primary N) is 1. The van der Waals surface area contributed by atoms with E-state index >= 15 is 0 Å². The standard InChI is InChI=1S/C14H11Br2NOS/c15-11-3-1-2-9(6-11)8-18-13-5-4-10(14(17)19)7-12(13)16/h1-7H,8H2,(H2,17,19). The molecule has 98 valence electrons. The Morgan fingerprint density at radius 1 is 1.16 bits per heavy atom. The van der Waals surface area contributed by atoms with Gasteiger partial charge >= 0.3 is 0 Å². The van der Waals surface area contributed by atoms with Crippen molar-refractivity contribution < 1.29 is 4.74 Å². The molecule has 2 aromatic carbocycles. The Labute approximate surface area is 134 Å². The highest BCUT2D eigenvalue weighted by molar-refractivity contribution is 9.10. The molecule has 0 fully saturated rings. The Bertz CT molecular complexity index is 616. The van der Waals surface area contributed by atoms with Crippen molar-refractivity contribution in [2.45, 2.75) is 6.61 Å². The number of hydrogen-bond donors (Lipinski definition) is 1. The minimum Gasteiger partial charge on any atom is -0.488 e. The summed E-state index contributed by atoms with van der Waals surface area (Å²) >= 11 is 11.8. The van der Waals surface area contributed by atoms with Crippen LogP contribution in [0.4, 0.5) is 0 Å². The van der Waals surface area contributed by atoms with Gasteiger partial charge in [0, 0.05) is 10.0 Å². The number of halogens is 2. The van der Waals surface area contributed by atoms with E-state index in [9.17, 15) is 0 Å². The Hall–Kier alpha value is -0.910. The third kappa shape index (κ3) is 4.03. The van der Waals surface area contributed by atoms with E-state index in [4.69, 9.17) is 22.7 Å². The van der Waals surface area contributed by atoms with Crippen molar-refractivity contribution in [2.75, 3.05) is 0 Å². The quantitative estimate of drug-likeness (QED) is 0.771. The molecular formula is C14H11Br2NOS. The number of hydrogen-bond acceptors (Lipinski definition) is 2. The van der Waals surface area contributed by atoms with Gasteiger partial charge in [-0.3, -0.25) is 0 Å². The Morgan fingerprint density at radius 2 is 1.95 bits per heavy atom. The molecule has 0 bridgehead atoms.